The molecule has 0 aliphatic carbocycles. The lowest BCUT2D eigenvalue weighted by atomic mass is 10.0. The van der Waals surface area contributed by atoms with Crippen molar-refractivity contribution in [3.05, 3.63) is 24.0 Å². The molecule has 1 N–H and O–H groups in total. The van der Waals surface area contributed by atoms with E-state index in [2.05, 4.69) is 11.9 Å². The molecule has 1 fully saturated rings. The van der Waals surface area contributed by atoms with Crippen LogP contribution >= 0.6 is 0 Å². The molecule has 1 atom stereocenters. The van der Waals surface area contributed by atoms with Gasteiger partial charge in [-0.2, -0.15) is 0 Å². The van der Waals surface area contributed by atoms with Gasteiger partial charge in [-0.15, -0.1) is 0 Å². The second-order valence-corrected chi connectivity index (χ2v) is 5.39. The van der Waals surface area contributed by atoms with Gasteiger partial charge in [0.05, 0.1) is 0 Å². The molecule has 6 nitrogen and oxygen atoms in total. The molecule has 1 aromatic rings. The van der Waals surface area contributed by atoms with Crippen molar-refractivity contribution in [3.8, 4) is 0 Å². The van der Waals surface area contributed by atoms with Crippen LogP contribution in [0.1, 0.15) is 23.3 Å². The lowest BCUT2D eigenvalue weighted by Gasteiger charge is -2.35. The molecule has 0 spiro atoms. The van der Waals surface area contributed by atoms with E-state index in [-0.39, 0.29) is 18.5 Å². The fourth-order valence-corrected chi connectivity index (χ4v) is 2.69. The molecule has 1 saturated heterocycles. The number of amides is 1. The molecule has 0 saturated carbocycles. The van der Waals surface area contributed by atoms with Crippen LogP contribution in [0.2, 0.25) is 0 Å². The monoisotopic (exact) mass is 279 g/mol. The summed E-state index contributed by atoms with van der Waals surface area (Å²) >= 11 is 0. The van der Waals surface area contributed by atoms with E-state index in [1.807, 2.05) is 0 Å². The highest BCUT2D eigenvalue weighted by atomic mass is 16.4. The summed E-state index contributed by atoms with van der Waals surface area (Å²) in [6.07, 6.45) is 3.70. The zero-order chi connectivity index (χ0) is 14.7. The third-order valence-corrected chi connectivity index (χ3v) is 3.82. The van der Waals surface area contributed by atoms with Gasteiger partial charge in [0.25, 0.3) is 5.91 Å². The SMILES string of the molecule is CN1CCCC(N(C)C(=O)c2cccn2CC(=O)O)C1. The maximum Gasteiger partial charge on any atom is 0.323 e. The number of likely N-dealkylation sites (N-methyl/N-ethyl adjacent to an activating group) is 2. The lowest BCUT2D eigenvalue weighted by molar-refractivity contribution is -0.137. The molecular formula is C14H21N3O3. The van der Waals surface area contributed by atoms with Crippen LogP contribution in [0.15, 0.2) is 18.3 Å². The quantitative estimate of drug-likeness (QED) is 0.883. The first kappa shape index (κ1) is 14.6. The molecular weight excluding hydrogens is 258 g/mol. The Kier molecular flexibility index (Phi) is 4.44. The maximum absolute atomic E-state index is 12.5. The van der Waals surface area contributed by atoms with E-state index >= 15 is 0 Å². The number of piperidine rings is 1. The van der Waals surface area contributed by atoms with Crippen molar-refractivity contribution in [2.45, 2.75) is 25.4 Å². The smallest absolute Gasteiger partial charge is 0.323 e. The largest absolute Gasteiger partial charge is 0.480 e. The van der Waals surface area contributed by atoms with Crippen LogP contribution in [-0.4, -0.2) is 64.6 Å². The van der Waals surface area contributed by atoms with Crippen molar-refractivity contribution in [2.24, 2.45) is 0 Å². The van der Waals surface area contributed by atoms with Gasteiger partial charge in [0, 0.05) is 25.8 Å². The minimum atomic E-state index is -0.949. The molecule has 20 heavy (non-hydrogen) atoms. The number of hydrogen-bond donors (Lipinski definition) is 1. The third-order valence-electron chi connectivity index (χ3n) is 3.82. The summed E-state index contributed by atoms with van der Waals surface area (Å²) < 4.78 is 1.48. The van der Waals surface area contributed by atoms with Gasteiger partial charge in [0.15, 0.2) is 0 Å². The van der Waals surface area contributed by atoms with Crippen LogP contribution in [0.5, 0.6) is 0 Å². The Morgan fingerprint density at radius 1 is 1.50 bits per heavy atom. The summed E-state index contributed by atoms with van der Waals surface area (Å²) in [7, 11) is 3.85. The Hall–Kier alpha value is -1.82. The number of hydrogen-bond acceptors (Lipinski definition) is 3. The molecule has 1 unspecified atom stereocenters. The van der Waals surface area contributed by atoms with E-state index in [9.17, 15) is 9.59 Å². The zero-order valence-corrected chi connectivity index (χ0v) is 12.0. The highest BCUT2D eigenvalue weighted by Gasteiger charge is 2.26. The predicted octanol–water partition coefficient (Wildman–Crippen LogP) is 0.739. The van der Waals surface area contributed by atoms with E-state index < -0.39 is 5.97 Å². The highest BCUT2D eigenvalue weighted by Crippen LogP contribution is 2.16. The van der Waals surface area contributed by atoms with Gasteiger partial charge in [-0.3, -0.25) is 9.59 Å². The Balaban J connectivity index is 2.10. The van der Waals surface area contributed by atoms with Crippen LogP contribution in [0.3, 0.4) is 0 Å². The molecule has 1 aliphatic heterocycles. The molecule has 0 aromatic carbocycles. The van der Waals surface area contributed by atoms with Crippen LogP contribution in [0.25, 0.3) is 0 Å². The average molecular weight is 279 g/mol. The number of likely N-dealkylation sites (tertiary alicyclic amines) is 1. The van der Waals surface area contributed by atoms with Crippen molar-refractivity contribution in [1.82, 2.24) is 14.4 Å². The molecule has 0 radical (unpaired) electrons. The van der Waals surface area contributed by atoms with Gasteiger partial charge in [-0.25, -0.2) is 0 Å². The average Bonchev–Trinajstić information content (AvgIpc) is 2.84. The van der Waals surface area contributed by atoms with E-state index in [4.69, 9.17) is 5.11 Å². The Morgan fingerprint density at radius 2 is 2.25 bits per heavy atom. The summed E-state index contributed by atoms with van der Waals surface area (Å²) in [6.45, 7) is 1.74. The molecule has 2 rings (SSSR count). The third kappa shape index (κ3) is 3.19. The summed E-state index contributed by atoms with van der Waals surface area (Å²) in [4.78, 5) is 27.3. The van der Waals surface area contributed by atoms with Gasteiger partial charge in [-0.05, 0) is 38.6 Å². The van der Waals surface area contributed by atoms with Gasteiger partial charge < -0.3 is 19.5 Å². The first-order valence-electron chi connectivity index (χ1n) is 6.81. The fourth-order valence-electron chi connectivity index (χ4n) is 2.69. The highest BCUT2D eigenvalue weighted by molar-refractivity contribution is 5.93. The number of nitrogens with zero attached hydrogens (tertiary/aromatic N) is 3. The molecule has 110 valence electrons. The minimum absolute atomic E-state index is 0.114. The number of carbonyl (C=O) groups is 2. The molecule has 1 aromatic heterocycles. The number of carbonyl (C=O) groups excluding carboxylic acids is 1. The fraction of sp³-hybridized carbons (Fsp3) is 0.571. The number of carboxylic acids is 1. The van der Waals surface area contributed by atoms with Crippen molar-refractivity contribution in [2.75, 3.05) is 27.2 Å². The number of aliphatic carboxylic acids is 1. The second-order valence-electron chi connectivity index (χ2n) is 5.39. The standard InChI is InChI=1S/C14H21N3O3/c1-15-7-3-5-11(9-15)16(2)14(20)12-6-4-8-17(12)10-13(18)19/h4,6,8,11H,3,5,7,9-10H2,1-2H3,(H,18,19). The zero-order valence-electron chi connectivity index (χ0n) is 12.0. The molecule has 6 heteroatoms. The number of rotatable bonds is 4. The van der Waals surface area contributed by atoms with Gasteiger partial charge >= 0.3 is 5.97 Å². The van der Waals surface area contributed by atoms with Gasteiger partial charge in [0.1, 0.15) is 12.2 Å². The van der Waals surface area contributed by atoms with Crippen LogP contribution in [0.4, 0.5) is 0 Å². The van der Waals surface area contributed by atoms with E-state index in [0.29, 0.717) is 5.69 Å². The van der Waals surface area contributed by atoms with E-state index in [1.54, 1.807) is 30.3 Å². The normalized spacial score (nSPS) is 19.8. The minimum Gasteiger partial charge on any atom is -0.480 e. The Morgan fingerprint density at radius 3 is 2.90 bits per heavy atom. The Labute approximate surface area is 118 Å². The van der Waals surface area contributed by atoms with Crippen molar-refractivity contribution in [1.29, 1.82) is 0 Å². The van der Waals surface area contributed by atoms with Crippen LogP contribution in [0, 0.1) is 0 Å². The summed E-state index contributed by atoms with van der Waals surface area (Å²) in [5.74, 6) is -1.06. The van der Waals surface area contributed by atoms with Crippen LogP contribution in [-0.2, 0) is 11.3 Å². The predicted molar refractivity (Wildman–Crippen MR) is 74.7 cm³/mol. The van der Waals surface area contributed by atoms with Gasteiger partial charge in [0.2, 0.25) is 0 Å². The summed E-state index contributed by atoms with van der Waals surface area (Å²) in [5, 5.41) is 8.86. The molecule has 2 heterocycles. The maximum atomic E-state index is 12.5. The molecule has 1 aliphatic rings. The van der Waals surface area contributed by atoms with Gasteiger partial charge in [-0.1, -0.05) is 0 Å². The van der Waals surface area contributed by atoms with E-state index in [1.165, 1.54) is 4.57 Å². The van der Waals surface area contributed by atoms with Crippen molar-refractivity contribution < 1.29 is 14.7 Å². The number of carboxylic acid groups (broad SMARTS) is 1. The summed E-state index contributed by atoms with van der Waals surface area (Å²) in [5.41, 5.74) is 0.433. The first-order valence-corrected chi connectivity index (χ1v) is 6.81. The van der Waals surface area contributed by atoms with Crippen molar-refractivity contribution in [3.63, 3.8) is 0 Å². The first-order chi connectivity index (χ1) is 9.49. The second kappa shape index (κ2) is 6.09. The summed E-state index contributed by atoms with van der Waals surface area (Å²) in [6, 6.07) is 3.57. The molecule has 1 amide bonds. The van der Waals surface area contributed by atoms with E-state index in [0.717, 1.165) is 25.9 Å². The van der Waals surface area contributed by atoms with Crippen molar-refractivity contribution >= 4 is 11.9 Å². The number of aromatic nitrogens is 1. The Bertz CT molecular complexity index is 498. The molecule has 0 bridgehead atoms. The topological polar surface area (TPSA) is 65.8 Å². The lowest BCUT2D eigenvalue weighted by Crippen LogP contribution is -2.47. The van der Waals surface area contributed by atoms with Crippen LogP contribution < -0.4 is 0 Å².